The van der Waals surface area contributed by atoms with Crippen LogP contribution in [0.15, 0.2) is 42.5 Å². The molecule has 128 valence electrons. The van der Waals surface area contributed by atoms with Crippen LogP contribution in [-0.4, -0.2) is 5.78 Å². The van der Waals surface area contributed by atoms with Crippen molar-refractivity contribution in [2.75, 3.05) is 0 Å². The van der Waals surface area contributed by atoms with E-state index in [1.807, 2.05) is 24.3 Å². The first-order chi connectivity index (χ1) is 11.7. The molecule has 0 saturated carbocycles. The molecule has 0 fully saturated rings. The highest BCUT2D eigenvalue weighted by Crippen LogP contribution is 2.45. The summed E-state index contributed by atoms with van der Waals surface area (Å²) in [6.45, 7) is 10.9. The van der Waals surface area contributed by atoms with E-state index in [0.717, 1.165) is 16.7 Å². The predicted molar refractivity (Wildman–Crippen MR) is 104 cm³/mol. The van der Waals surface area contributed by atoms with E-state index >= 15 is 0 Å². The lowest BCUT2D eigenvalue weighted by Gasteiger charge is -2.41. The summed E-state index contributed by atoms with van der Waals surface area (Å²) in [4.78, 5) is 11.3. The quantitative estimate of drug-likeness (QED) is 0.488. The summed E-state index contributed by atoms with van der Waals surface area (Å²) in [5, 5.41) is 0. The fraction of sp³-hybridized carbons (Fsp3) is 0.375. The molecule has 0 heterocycles. The topological polar surface area (TPSA) is 17.1 Å². The number of hydrogen-bond donors (Lipinski definition) is 0. The number of fused-ring (bicyclic) bond motifs is 1. The maximum atomic E-state index is 11.3. The number of hydrogen-bond acceptors (Lipinski definition) is 1. The third kappa shape index (κ3) is 3.54. The largest absolute Gasteiger partial charge is 0.295 e. The first-order valence-electron chi connectivity index (χ1n) is 8.97. The number of benzene rings is 2. The predicted octanol–water partition coefficient (Wildman–Crippen LogP) is 5.64. The van der Waals surface area contributed by atoms with Crippen LogP contribution in [0.2, 0.25) is 0 Å². The van der Waals surface area contributed by atoms with Crippen LogP contribution in [0.25, 0.3) is 0 Å². The SMILES string of the molecule is CC(=O)c1ccc(C#Cc2ccc3c(c2)C(C)(C)CCC3(C)C)cc1. The summed E-state index contributed by atoms with van der Waals surface area (Å²) in [6, 6.07) is 14.2. The Labute approximate surface area is 151 Å². The molecule has 2 aromatic rings. The molecule has 1 heteroatoms. The molecule has 0 saturated heterocycles. The van der Waals surface area contributed by atoms with Crippen LogP contribution < -0.4 is 0 Å². The van der Waals surface area contributed by atoms with E-state index in [-0.39, 0.29) is 16.6 Å². The van der Waals surface area contributed by atoms with E-state index in [2.05, 4.69) is 57.7 Å². The lowest BCUT2D eigenvalue weighted by molar-refractivity contribution is 0.101. The Morgan fingerprint density at radius 2 is 1.32 bits per heavy atom. The molecule has 1 aliphatic rings. The van der Waals surface area contributed by atoms with Gasteiger partial charge in [-0.25, -0.2) is 0 Å². The second-order valence-electron chi connectivity index (χ2n) is 8.41. The van der Waals surface area contributed by atoms with Gasteiger partial charge in [0.15, 0.2) is 5.78 Å². The molecule has 0 atom stereocenters. The Bertz CT molecular complexity index is 871. The monoisotopic (exact) mass is 330 g/mol. The Hall–Kier alpha value is -2.33. The molecule has 0 spiro atoms. The van der Waals surface area contributed by atoms with E-state index in [9.17, 15) is 4.79 Å². The number of carbonyl (C=O) groups excluding carboxylic acids is 1. The van der Waals surface area contributed by atoms with E-state index in [1.165, 1.54) is 24.0 Å². The lowest BCUT2D eigenvalue weighted by atomic mass is 9.63. The Kier molecular flexibility index (Phi) is 4.33. The molecule has 0 aromatic heterocycles. The van der Waals surface area contributed by atoms with Crippen LogP contribution >= 0.6 is 0 Å². The van der Waals surface area contributed by atoms with Crippen LogP contribution in [0.5, 0.6) is 0 Å². The lowest BCUT2D eigenvalue weighted by Crippen LogP contribution is -2.33. The van der Waals surface area contributed by atoms with Gasteiger partial charge in [0.25, 0.3) is 0 Å². The van der Waals surface area contributed by atoms with Crippen molar-refractivity contribution in [2.24, 2.45) is 0 Å². The van der Waals surface area contributed by atoms with Crippen molar-refractivity contribution in [2.45, 2.75) is 58.3 Å². The summed E-state index contributed by atoms with van der Waals surface area (Å²) >= 11 is 0. The fourth-order valence-electron chi connectivity index (χ4n) is 3.60. The van der Waals surface area contributed by atoms with Gasteiger partial charge >= 0.3 is 0 Å². The second kappa shape index (κ2) is 6.19. The van der Waals surface area contributed by atoms with E-state index in [0.29, 0.717) is 0 Å². The average molecular weight is 330 g/mol. The molecule has 0 aliphatic heterocycles. The number of carbonyl (C=O) groups is 1. The summed E-state index contributed by atoms with van der Waals surface area (Å²) in [5.74, 6) is 6.59. The van der Waals surface area contributed by atoms with Crippen molar-refractivity contribution in [3.8, 4) is 11.8 Å². The maximum absolute atomic E-state index is 11.3. The van der Waals surface area contributed by atoms with Gasteiger partial charge in [0.1, 0.15) is 0 Å². The van der Waals surface area contributed by atoms with Gasteiger partial charge in [0.2, 0.25) is 0 Å². The molecule has 0 amide bonds. The zero-order chi connectivity index (χ0) is 18.2. The number of rotatable bonds is 1. The smallest absolute Gasteiger partial charge is 0.159 e. The van der Waals surface area contributed by atoms with Gasteiger partial charge in [-0.1, -0.05) is 57.7 Å². The molecule has 0 radical (unpaired) electrons. The normalized spacial score (nSPS) is 17.2. The highest BCUT2D eigenvalue weighted by molar-refractivity contribution is 5.94. The summed E-state index contributed by atoms with van der Waals surface area (Å²) in [5.41, 5.74) is 6.04. The Morgan fingerprint density at radius 3 is 1.92 bits per heavy atom. The van der Waals surface area contributed by atoms with Crippen LogP contribution in [0.1, 0.15) is 80.1 Å². The molecule has 1 nitrogen and oxygen atoms in total. The summed E-state index contributed by atoms with van der Waals surface area (Å²) in [6.07, 6.45) is 2.43. The standard InChI is InChI=1S/C24H26O/c1-17(25)20-11-8-18(9-12-20)6-7-19-10-13-21-22(16-19)24(4,5)15-14-23(21,2)3/h8-13,16H,14-15H2,1-5H3. The number of Topliss-reactive ketones (excluding diaryl/α,β-unsaturated/α-hetero) is 1. The van der Waals surface area contributed by atoms with Crippen molar-refractivity contribution < 1.29 is 4.79 Å². The minimum atomic E-state index is 0.0824. The molecule has 0 N–H and O–H groups in total. The Balaban J connectivity index is 1.94. The van der Waals surface area contributed by atoms with Gasteiger partial charge in [-0.15, -0.1) is 0 Å². The van der Waals surface area contributed by atoms with E-state index < -0.39 is 0 Å². The minimum Gasteiger partial charge on any atom is -0.295 e. The highest BCUT2D eigenvalue weighted by atomic mass is 16.1. The molecule has 2 aromatic carbocycles. The van der Waals surface area contributed by atoms with Crippen LogP contribution in [-0.2, 0) is 10.8 Å². The van der Waals surface area contributed by atoms with Crippen LogP contribution in [0.4, 0.5) is 0 Å². The summed E-state index contributed by atoms with van der Waals surface area (Å²) < 4.78 is 0. The van der Waals surface area contributed by atoms with Gasteiger partial charge < -0.3 is 0 Å². The van der Waals surface area contributed by atoms with Crippen LogP contribution in [0.3, 0.4) is 0 Å². The molecule has 0 bridgehead atoms. The highest BCUT2D eigenvalue weighted by Gasteiger charge is 2.36. The molecule has 0 unspecified atom stereocenters. The van der Waals surface area contributed by atoms with E-state index in [4.69, 9.17) is 0 Å². The average Bonchev–Trinajstić information content (AvgIpc) is 2.57. The zero-order valence-electron chi connectivity index (χ0n) is 15.9. The first kappa shape index (κ1) is 17.5. The van der Waals surface area contributed by atoms with Gasteiger partial charge in [0.05, 0.1) is 0 Å². The number of ketones is 1. The van der Waals surface area contributed by atoms with Crippen molar-refractivity contribution in [1.82, 2.24) is 0 Å². The van der Waals surface area contributed by atoms with E-state index in [1.54, 1.807) is 6.92 Å². The fourth-order valence-corrected chi connectivity index (χ4v) is 3.60. The minimum absolute atomic E-state index is 0.0824. The third-order valence-corrected chi connectivity index (χ3v) is 5.50. The molecule has 3 rings (SSSR count). The third-order valence-electron chi connectivity index (χ3n) is 5.50. The zero-order valence-corrected chi connectivity index (χ0v) is 15.9. The van der Waals surface area contributed by atoms with Gasteiger partial charge in [-0.2, -0.15) is 0 Å². The first-order valence-corrected chi connectivity index (χ1v) is 8.97. The van der Waals surface area contributed by atoms with Crippen molar-refractivity contribution in [3.63, 3.8) is 0 Å². The molecular weight excluding hydrogens is 304 g/mol. The van der Waals surface area contributed by atoms with Crippen LogP contribution in [0, 0.1) is 11.8 Å². The van der Waals surface area contributed by atoms with Gasteiger partial charge in [-0.05, 0) is 66.0 Å². The Morgan fingerprint density at radius 1 is 0.800 bits per heavy atom. The van der Waals surface area contributed by atoms with Crippen molar-refractivity contribution in [1.29, 1.82) is 0 Å². The second-order valence-corrected chi connectivity index (χ2v) is 8.41. The summed E-state index contributed by atoms with van der Waals surface area (Å²) in [7, 11) is 0. The van der Waals surface area contributed by atoms with Crippen molar-refractivity contribution in [3.05, 3.63) is 70.3 Å². The molecule has 1 aliphatic carbocycles. The van der Waals surface area contributed by atoms with Crippen molar-refractivity contribution >= 4 is 5.78 Å². The molecule has 25 heavy (non-hydrogen) atoms. The maximum Gasteiger partial charge on any atom is 0.159 e. The molecular formula is C24H26O. The van der Waals surface area contributed by atoms with Gasteiger partial charge in [0, 0.05) is 16.7 Å². The van der Waals surface area contributed by atoms with Gasteiger partial charge in [-0.3, -0.25) is 4.79 Å².